The van der Waals surface area contributed by atoms with E-state index in [9.17, 15) is 4.79 Å². The van der Waals surface area contributed by atoms with E-state index in [1.54, 1.807) is 10.7 Å². The van der Waals surface area contributed by atoms with E-state index in [1.165, 1.54) is 0 Å². The quantitative estimate of drug-likeness (QED) is 0.667. The van der Waals surface area contributed by atoms with Crippen molar-refractivity contribution in [3.63, 3.8) is 0 Å². The van der Waals surface area contributed by atoms with E-state index in [0.717, 1.165) is 30.2 Å². The van der Waals surface area contributed by atoms with Crippen molar-refractivity contribution in [2.75, 3.05) is 38.2 Å². The van der Waals surface area contributed by atoms with Gasteiger partial charge in [0.25, 0.3) is 0 Å². The Morgan fingerprint density at radius 1 is 1.13 bits per heavy atom. The molecule has 9 heteroatoms. The summed E-state index contributed by atoms with van der Waals surface area (Å²) in [7, 11) is 0. The van der Waals surface area contributed by atoms with Crippen LogP contribution in [0.5, 0.6) is 0 Å². The van der Waals surface area contributed by atoms with Crippen molar-refractivity contribution in [3.8, 4) is 17.4 Å². The second-order valence-electron chi connectivity index (χ2n) is 7.44. The molecule has 0 saturated carbocycles. The third-order valence-corrected chi connectivity index (χ3v) is 4.93. The molecule has 0 aromatic carbocycles. The van der Waals surface area contributed by atoms with E-state index in [1.807, 2.05) is 39.0 Å². The molecular formula is C21H26N6O3. The van der Waals surface area contributed by atoms with Crippen LogP contribution in [0.3, 0.4) is 0 Å². The average Bonchev–Trinajstić information content (AvgIpc) is 3.31. The average molecular weight is 410 g/mol. The molecule has 0 unspecified atom stereocenters. The number of hydrogen-bond acceptors (Lipinski definition) is 7. The number of aryl methyl sites for hydroxylation is 3. The van der Waals surface area contributed by atoms with Gasteiger partial charge in [0.15, 0.2) is 17.4 Å². The van der Waals surface area contributed by atoms with Crippen LogP contribution in [-0.4, -0.2) is 63.4 Å². The summed E-state index contributed by atoms with van der Waals surface area (Å²) in [6.45, 7) is 9.57. The summed E-state index contributed by atoms with van der Waals surface area (Å²) in [4.78, 5) is 23.9. The lowest BCUT2D eigenvalue weighted by Gasteiger charge is -2.26. The van der Waals surface area contributed by atoms with E-state index in [0.29, 0.717) is 49.4 Å². The van der Waals surface area contributed by atoms with Crippen molar-refractivity contribution in [2.24, 2.45) is 0 Å². The fraction of sp³-hybridized carbons (Fsp3) is 0.429. The van der Waals surface area contributed by atoms with Crippen molar-refractivity contribution in [3.05, 3.63) is 41.4 Å². The Morgan fingerprint density at radius 2 is 1.93 bits per heavy atom. The highest BCUT2D eigenvalue weighted by Crippen LogP contribution is 2.23. The molecule has 1 saturated heterocycles. The molecule has 158 valence electrons. The van der Waals surface area contributed by atoms with Gasteiger partial charge in [0.1, 0.15) is 11.6 Å². The number of nitrogens with one attached hydrogen (secondary N) is 1. The molecule has 0 aliphatic carbocycles. The summed E-state index contributed by atoms with van der Waals surface area (Å²) in [5.74, 6) is 2.60. The van der Waals surface area contributed by atoms with Gasteiger partial charge in [-0.1, -0.05) is 0 Å². The monoisotopic (exact) mass is 410 g/mol. The second kappa shape index (κ2) is 8.76. The molecule has 1 fully saturated rings. The topological polar surface area (TPSA) is 98.3 Å². The number of furan rings is 1. The van der Waals surface area contributed by atoms with Gasteiger partial charge in [-0.3, -0.25) is 9.69 Å². The van der Waals surface area contributed by atoms with Crippen LogP contribution in [0.1, 0.15) is 23.6 Å². The molecule has 4 rings (SSSR count). The van der Waals surface area contributed by atoms with Gasteiger partial charge in [0, 0.05) is 37.8 Å². The zero-order valence-corrected chi connectivity index (χ0v) is 17.5. The fourth-order valence-corrected chi connectivity index (χ4v) is 3.42. The van der Waals surface area contributed by atoms with E-state index in [-0.39, 0.29) is 5.91 Å². The maximum absolute atomic E-state index is 12.6. The molecule has 1 amide bonds. The molecule has 1 aliphatic rings. The van der Waals surface area contributed by atoms with E-state index in [2.05, 4.69) is 25.3 Å². The lowest BCUT2D eigenvalue weighted by molar-refractivity contribution is -0.116. The first-order chi connectivity index (χ1) is 14.5. The SMILES string of the molecule is Cc1cc(C)n(-c2cc(NC(=O)CCN3CCOCC3)nc(-c3ccc(C)o3)n2)n1. The Bertz CT molecular complexity index is 1040. The number of nitrogens with zero attached hydrogens (tertiary/aromatic N) is 5. The minimum atomic E-state index is -0.0962. The van der Waals surface area contributed by atoms with E-state index < -0.39 is 0 Å². The van der Waals surface area contributed by atoms with Crippen molar-refractivity contribution in [1.82, 2.24) is 24.6 Å². The number of carbonyl (C=O) groups is 1. The van der Waals surface area contributed by atoms with Crippen molar-refractivity contribution in [2.45, 2.75) is 27.2 Å². The molecule has 0 radical (unpaired) electrons. The van der Waals surface area contributed by atoms with Crippen molar-refractivity contribution in [1.29, 1.82) is 0 Å². The Hall–Kier alpha value is -3.04. The summed E-state index contributed by atoms with van der Waals surface area (Å²) < 4.78 is 12.8. The zero-order chi connectivity index (χ0) is 21.1. The maximum Gasteiger partial charge on any atom is 0.226 e. The number of rotatable bonds is 6. The minimum Gasteiger partial charge on any atom is -0.458 e. The fourth-order valence-electron chi connectivity index (χ4n) is 3.42. The highest BCUT2D eigenvalue weighted by molar-refractivity contribution is 5.90. The van der Waals surface area contributed by atoms with Crippen LogP contribution in [0, 0.1) is 20.8 Å². The predicted molar refractivity (Wildman–Crippen MR) is 112 cm³/mol. The van der Waals surface area contributed by atoms with Crippen LogP contribution < -0.4 is 5.32 Å². The summed E-state index contributed by atoms with van der Waals surface area (Å²) in [5, 5.41) is 7.41. The summed E-state index contributed by atoms with van der Waals surface area (Å²) >= 11 is 0. The third kappa shape index (κ3) is 4.74. The van der Waals surface area contributed by atoms with Crippen LogP contribution in [0.25, 0.3) is 17.4 Å². The first-order valence-corrected chi connectivity index (χ1v) is 10.1. The Labute approximate surface area is 175 Å². The van der Waals surface area contributed by atoms with Gasteiger partial charge in [-0.05, 0) is 39.0 Å². The Kier molecular flexibility index (Phi) is 5.91. The molecule has 3 aromatic heterocycles. The number of amides is 1. The minimum absolute atomic E-state index is 0.0962. The molecule has 9 nitrogen and oxygen atoms in total. The molecule has 0 spiro atoms. The van der Waals surface area contributed by atoms with Crippen molar-refractivity contribution >= 4 is 11.7 Å². The summed E-state index contributed by atoms with van der Waals surface area (Å²) in [6, 6.07) is 7.37. The van der Waals surface area contributed by atoms with Crippen LogP contribution >= 0.6 is 0 Å². The standard InChI is InChI=1S/C21H26N6O3/c1-14-12-15(2)27(25-14)19-13-18(23-21(24-19)17-5-4-16(3)30-17)22-20(28)6-7-26-8-10-29-11-9-26/h4-5,12-13H,6-11H2,1-3H3,(H,22,23,24,28). The van der Waals surface area contributed by atoms with Gasteiger partial charge in [0.05, 0.1) is 18.9 Å². The molecule has 3 aromatic rings. The Morgan fingerprint density at radius 3 is 2.60 bits per heavy atom. The largest absolute Gasteiger partial charge is 0.458 e. The maximum atomic E-state index is 12.6. The van der Waals surface area contributed by atoms with E-state index in [4.69, 9.17) is 9.15 Å². The van der Waals surface area contributed by atoms with Gasteiger partial charge < -0.3 is 14.5 Å². The lowest BCUT2D eigenvalue weighted by Crippen LogP contribution is -2.38. The molecular weight excluding hydrogens is 384 g/mol. The van der Waals surface area contributed by atoms with Gasteiger partial charge in [-0.2, -0.15) is 5.10 Å². The Balaban J connectivity index is 1.57. The number of anilines is 1. The van der Waals surface area contributed by atoms with Gasteiger partial charge in [-0.15, -0.1) is 0 Å². The number of carbonyl (C=O) groups excluding carboxylic acids is 1. The molecule has 1 N–H and O–H groups in total. The molecule has 4 heterocycles. The normalized spacial score (nSPS) is 14.8. The van der Waals surface area contributed by atoms with Crippen LogP contribution in [0.15, 0.2) is 28.7 Å². The number of hydrogen-bond donors (Lipinski definition) is 1. The number of aromatic nitrogens is 4. The molecule has 0 atom stereocenters. The van der Waals surface area contributed by atoms with Crippen molar-refractivity contribution < 1.29 is 13.9 Å². The lowest BCUT2D eigenvalue weighted by atomic mass is 10.3. The zero-order valence-electron chi connectivity index (χ0n) is 17.5. The highest BCUT2D eigenvalue weighted by atomic mass is 16.5. The van der Waals surface area contributed by atoms with Gasteiger partial charge >= 0.3 is 0 Å². The summed E-state index contributed by atoms with van der Waals surface area (Å²) in [5.41, 5.74) is 1.83. The highest BCUT2D eigenvalue weighted by Gasteiger charge is 2.16. The molecule has 0 bridgehead atoms. The molecule has 30 heavy (non-hydrogen) atoms. The van der Waals surface area contributed by atoms with Crippen LogP contribution in [0.4, 0.5) is 5.82 Å². The third-order valence-electron chi connectivity index (χ3n) is 4.93. The first-order valence-electron chi connectivity index (χ1n) is 10.1. The first kappa shape index (κ1) is 20.2. The predicted octanol–water partition coefficient (Wildman–Crippen LogP) is 2.51. The number of morpholine rings is 1. The molecule has 1 aliphatic heterocycles. The van der Waals surface area contributed by atoms with Gasteiger partial charge in [0.2, 0.25) is 5.91 Å². The summed E-state index contributed by atoms with van der Waals surface area (Å²) in [6.07, 6.45) is 0.383. The van der Waals surface area contributed by atoms with Crippen LogP contribution in [0.2, 0.25) is 0 Å². The second-order valence-corrected chi connectivity index (χ2v) is 7.44. The smallest absolute Gasteiger partial charge is 0.226 e. The van der Waals surface area contributed by atoms with Crippen LogP contribution in [-0.2, 0) is 9.53 Å². The number of ether oxygens (including phenoxy) is 1. The van der Waals surface area contributed by atoms with E-state index >= 15 is 0 Å². The van der Waals surface area contributed by atoms with Gasteiger partial charge in [-0.25, -0.2) is 14.6 Å².